The summed E-state index contributed by atoms with van der Waals surface area (Å²) in [5, 5.41) is 21.7. The molecule has 2 aromatic rings. The zero-order valence-electron chi connectivity index (χ0n) is 16.8. The van der Waals surface area contributed by atoms with Gasteiger partial charge in [0.15, 0.2) is 6.10 Å². The number of carbonyl (C=O) groups is 3. The van der Waals surface area contributed by atoms with Gasteiger partial charge in [0.2, 0.25) is 11.8 Å². The van der Waals surface area contributed by atoms with E-state index in [0.29, 0.717) is 6.42 Å². The van der Waals surface area contributed by atoms with Crippen LogP contribution in [-0.2, 0) is 20.8 Å². The molecule has 2 aromatic carbocycles. The molecule has 9 nitrogen and oxygen atoms in total. The Morgan fingerprint density at radius 3 is 2.19 bits per heavy atom. The third kappa shape index (κ3) is 6.11. The second-order valence-corrected chi connectivity index (χ2v) is 7.59. The highest BCUT2D eigenvalue weighted by Gasteiger charge is 2.33. The van der Waals surface area contributed by atoms with E-state index in [9.17, 15) is 19.5 Å². The number of carboxylic acid groups (broad SMARTS) is 1. The standard InChI is InChI=1S/C22H26N4O5/c23-20(28)17-12-18(26-25-17)21(29)24-16(11-19(27)22(30)31)10-13-6-8-15(9-7-13)14-4-2-1-3-5-14/h1-9,16-19,25-27H,10-12H2,(H2,23,28)(H,24,29)(H,30,31)/t16?,17?,18?,19-/m1/s1. The first-order valence-electron chi connectivity index (χ1n) is 9.99. The van der Waals surface area contributed by atoms with Crippen LogP contribution in [-0.4, -0.2) is 52.2 Å². The molecule has 0 saturated carbocycles. The van der Waals surface area contributed by atoms with E-state index in [1.165, 1.54) is 0 Å². The highest BCUT2D eigenvalue weighted by molar-refractivity contribution is 5.86. The molecule has 1 aliphatic rings. The van der Waals surface area contributed by atoms with Gasteiger partial charge in [0.1, 0.15) is 12.1 Å². The molecule has 1 aliphatic heterocycles. The number of rotatable bonds is 9. The number of nitrogens with one attached hydrogen (secondary N) is 3. The summed E-state index contributed by atoms with van der Waals surface area (Å²) in [5.74, 6) is -2.33. The van der Waals surface area contributed by atoms with E-state index >= 15 is 0 Å². The number of nitrogens with two attached hydrogens (primary N) is 1. The monoisotopic (exact) mass is 426 g/mol. The Morgan fingerprint density at radius 1 is 1.00 bits per heavy atom. The molecule has 31 heavy (non-hydrogen) atoms. The van der Waals surface area contributed by atoms with Gasteiger partial charge in [-0.3, -0.25) is 9.59 Å². The average Bonchev–Trinajstić information content (AvgIpc) is 3.25. The lowest BCUT2D eigenvalue weighted by Crippen LogP contribution is -2.49. The minimum Gasteiger partial charge on any atom is -0.479 e. The highest BCUT2D eigenvalue weighted by atomic mass is 16.4. The summed E-state index contributed by atoms with van der Waals surface area (Å²) in [6.45, 7) is 0. The number of carboxylic acids is 1. The third-order valence-corrected chi connectivity index (χ3v) is 5.25. The van der Waals surface area contributed by atoms with Gasteiger partial charge in [-0.05, 0) is 29.5 Å². The fourth-order valence-corrected chi connectivity index (χ4v) is 3.53. The number of aliphatic hydroxyl groups is 1. The fraction of sp³-hybridized carbons (Fsp3) is 0.318. The van der Waals surface area contributed by atoms with Crippen LogP contribution < -0.4 is 21.9 Å². The summed E-state index contributed by atoms with van der Waals surface area (Å²) < 4.78 is 0. The number of benzene rings is 2. The van der Waals surface area contributed by atoms with Crippen molar-refractivity contribution in [2.45, 2.75) is 43.5 Å². The van der Waals surface area contributed by atoms with Crippen LogP contribution in [0.4, 0.5) is 0 Å². The van der Waals surface area contributed by atoms with Crippen molar-refractivity contribution in [2.24, 2.45) is 5.73 Å². The number of hydrazine groups is 1. The van der Waals surface area contributed by atoms with Gasteiger partial charge in [-0.25, -0.2) is 15.6 Å². The number of amides is 2. The maximum absolute atomic E-state index is 12.6. The summed E-state index contributed by atoms with van der Waals surface area (Å²) in [6, 6.07) is 15.6. The van der Waals surface area contributed by atoms with Crippen molar-refractivity contribution in [3.63, 3.8) is 0 Å². The van der Waals surface area contributed by atoms with Crippen LogP contribution in [0.1, 0.15) is 18.4 Å². The van der Waals surface area contributed by atoms with E-state index < -0.39 is 42.0 Å². The molecule has 1 saturated heterocycles. The number of hydrogen-bond donors (Lipinski definition) is 6. The molecule has 0 radical (unpaired) electrons. The number of aliphatic hydroxyl groups excluding tert-OH is 1. The lowest BCUT2D eigenvalue weighted by Gasteiger charge is -2.22. The molecule has 164 valence electrons. The van der Waals surface area contributed by atoms with Gasteiger partial charge in [0.05, 0.1) is 0 Å². The van der Waals surface area contributed by atoms with Crippen LogP contribution in [0.15, 0.2) is 54.6 Å². The predicted molar refractivity (Wildman–Crippen MR) is 113 cm³/mol. The van der Waals surface area contributed by atoms with Gasteiger partial charge in [0.25, 0.3) is 0 Å². The number of aliphatic carboxylic acids is 1. The molecule has 4 atom stereocenters. The van der Waals surface area contributed by atoms with Crippen LogP contribution in [0.25, 0.3) is 11.1 Å². The van der Waals surface area contributed by atoms with Crippen molar-refractivity contribution in [1.82, 2.24) is 16.2 Å². The molecule has 0 aromatic heterocycles. The summed E-state index contributed by atoms with van der Waals surface area (Å²) in [5.41, 5.74) is 13.6. The van der Waals surface area contributed by atoms with E-state index in [4.69, 9.17) is 10.8 Å². The first kappa shape index (κ1) is 22.4. The van der Waals surface area contributed by atoms with Crippen molar-refractivity contribution in [2.75, 3.05) is 0 Å². The van der Waals surface area contributed by atoms with Crippen molar-refractivity contribution in [1.29, 1.82) is 0 Å². The Morgan fingerprint density at radius 2 is 1.61 bits per heavy atom. The number of hydrogen-bond acceptors (Lipinski definition) is 6. The maximum atomic E-state index is 12.6. The van der Waals surface area contributed by atoms with E-state index in [1.807, 2.05) is 54.6 Å². The third-order valence-electron chi connectivity index (χ3n) is 5.25. The lowest BCUT2D eigenvalue weighted by atomic mass is 9.97. The minimum absolute atomic E-state index is 0.152. The van der Waals surface area contributed by atoms with Gasteiger partial charge in [-0.1, -0.05) is 54.6 Å². The molecule has 1 heterocycles. The van der Waals surface area contributed by atoms with Crippen LogP contribution >= 0.6 is 0 Å². The molecule has 3 unspecified atom stereocenters. The molecule has 2 amide bonds. The highest BCUT2D eigenvalue weighted by Crippen LogP contribution is 2.20. The largest absolute Gasteiger partial charge is 0.479 e. The van der Waals surface area contributed by atoms with E-state index in [-0.39, 0.29) is 12.8 Å². The molecule has 3 rings (SSSR count). The molecule has 0 spiro atoms. The van der Waals surface area contributed by atoms with Gasteiger partial charge < -0.3 is 21.3 Å². The molecule has 0 aliphatic carbocycles. The van der Waals surface area contributed by atoms with Crippen LogP contribution in [0.5, 0.6) is 0 Å². The fourth-order valence-electron chi connectivity index (χ4n) is 3.53. The van der Waals surface area contributed by atoms with E-state index in [0.717, 1.165) is 16.7 Å². The normalized spacial score (nSPS) is 20.0. The molecular formula is C22H26N4O5. The van der Waals surface area contributed by atoms with Crippen LogP contribution in [0, 0.1) is 0 Å². The number of carbonyl (C=O) groups excluding carboxylic acids is 2. The smallest absolute Gasteiger partial charge is 0.332 e. The average molecular weight is 426 g/mol. The topological polar surface area (TPSA) is 154 Å². The summed E-state index contributed by atoms with van der Waals surface area (Å²) in [6.07, 6.45) is -1.24. The van der Waals surface area contributed by atoms with Crippen LogP contribution in [0.2, 0.25) is 0 Å². The quantitative estimate of drug-likeness (QED) is 0.328. The Kier molecular flexibility index (Phi) is 7.35. The zero-order valence-corrected chi connectivity index (χ0v) is 16.8. The Hall–Kier alpha value is -3.27. The first-order chi connectivity index (χ1) is 14.8. The molecule has 9 heteroatoms. The van der Waals surface area contributed by atoms with Gasteiger partial charge in [0, 0.05) is 12.5 Å². The zero-order chi connectivity index (χ0) is 22.4. The van der Waals surface area contributed by atoms with Crippen molar-refractivity contribution in [3.8, 4) is 11.1 Å². The van der Waals surface area contributed by atoms with Gasteiger partial charge in [-0.2, -0.15) is 0 Å². The van der Waals surface area contributed by atoms with Crippen molar-refractivity contribution >= 4 is 17.8 Å². The molecule has 0 bridgehead atoms. The molecular weight excluding hydrogens is 400 g/mol. The molecule has 7 N–H and O–H groups in total. The predicted octanol–water partition coefficient (Wildman–Crippen LogP) is -0.0631. The Balaban J connectivity index is 1.68. The Labute approximate surface area is 179 Å². The maximum Gasteiger partial charge on any atom is 0.332 e. The van der Waals surface area contributed by atoms with Gasteiger partial charge >= 0.3 is 5.97 Å². The minimum atomic E-state index is -1.61. The first-order valence-corrected chi connectivity index (χ1v) is 9.99. The lowest BCUT2D eigenvalue weighted by molar-refractivity contribution is -0.147. The van der Waals surface area contributed by atoms with E-state index in [1.54, 1.807) is 0 Å². The summed E-state index contributed by atoms with van der Waals surface area (Å²) in [4.78, 5) is 35.0. The summed E-state index contributed by atoms with van der Waals surface area (Å²) in [7, 11) is 0. The van der Waals surface area contributed by atoms with E-state index in [2.05, 4.69) is 16.2 Å². The van der Waals surface area contributed by atoms with Crippen LogP contribution in [0.3, 0.4) is 0 Å². The van der Waals surface area contributed by atoms with Gasteiger partial charge in [-0.15, -0.1) is 0 Å². The second kappa shape index (κ2) is 10.2. The van der Waals surface area contributed by atoms with Crippen molar-refractivity contribution in [3.05, 3.63) is 60.2 Å². The second-order valence-electron chi connectivity index (χ2n) is 7.59. The number of primary amides is 1. The Bertz CT molecular complexity index is 919. The van der Waals surface area contributed by atoms with Crippen molar-refractivity contribution < 1.29 is 24.6 Å². The summed E-state index contributed by atoms with van der Waals surface area (Å²) >= 11 is 0. The SMILES string of the molecule is NC(=O)C1CC(C(=O)NC(Cc2ccc(-c3ccccc3)cc2)C[C@@H](O)C(=O)O)NN1. The molecule has 1 fully saturated rings.